The predicted molar refractivity (Wildman–Crippen MR) is 66.1 cm³/mol. The molecule has 21 heavy (non-hydrogen) atoms. The van der Waals surface area contributed by atoms with Gasteiger partial charge in [-0.05, 0) is 12.1 Å². The summed E-state index contributed by atoms with van der Waals surface area (Å²) in [4.78, 5) is 27.7. The van der Waals surface area contributed by atoms with Crippen LogP contribution in [0.2, 0.25) is 0 Å². The van der Waals surface area contributed by atoms with Crippen LogP contribution in [0.15, 0.2) is 24.4 Å². The van der Waals surface area contributed by atoms with Crippen LogP contribution in [0.5, 0.6) is 0 Å². The summed E-state index contributed by atoms with van der Waals surface area (Å²) in [7, 11) is 0. The molecule has 0 unspecified atom stereocenters. The minimum atomic E-state index is -1.16. The fraction of sp³-hybridized carbons (Fsp3) is 0.250. The molecule has 8 nitrogen and oxygen atoms in total. The van der Waals surface area contributed by atoms with E-state index in [0.29, 0.717) is 13.1 Å². The van der Waals surface area contributed by atoms with Gasteiger partial charge in [-0.2, -0.15) is 4.39 Å². The van der Waals surface area contributed by atoms with Gasteiger partial charge in [0.05, 0.1) is 12.2 Å². The van der Waals surface area contributed by atoms with Gasteiger partial charge in [0.2, 0.25) is 5.95 Å². The molecule has 1 amide bonds. The molecule has 3 heterocycles. The minimum absolute atomic E-state index is 0.0401. The largest absolute Gasteiger partial charge is 0.476 e. The first-order valence-corrected chi connectivity index (χ1v) is 6.11. The number of halogens is 1. The van der Waals surface area contributed by atoms with Crippen LogP contribution in [0.25, 0.3) is 0 Å². The van der Waals surface area contributed by atoms with Crippen LogP contribution in [0.1, 0.15) is 27.0 Å². The van der Waals surface area contributed by atoms with Gasteiger partial charge in [0, 0.05) is 13.1 Å². The second-order valence-electron chi connectivity index (χ2n) is 4.60. The fourth-order valence-electron chi connectivity index (χ4n) is 2.03. The van der Waals surface area contributed by atoms with E-state index >= 15 is 0 Å². The Morgan fingerprint density at radius 3 is 2.67 bits per heavy atom. The highest BCUT2D eigenvalue weighted by atomic mass is 19.1. The molecule has 0 bridgehead atoms. The van der Waals surface area contributed by atoms with Crippen molar-refractivity contribution in [3.8, 4) is 0 Å². The Hall–Kier alpha value is -2.84. The number of likely N-dealkylation sites (tertiary alicyclic amines) is 1. The van der Waals surface area contributed by atoms with Crippen LogP contribution in [0.3, 0.4) is 0 Å². The highest BCUT2D eigenvalue weighted by Gasteiger charge is 2.34. The molecule has 0 spiro atoms. The number of amides is 1. The van der Waals surface area contributed by atoms with Crippen LogP contribution in [-0.2, 0) is 0 Å². The SMILES string of the molecule is O=C(O)c1cn(C2CN(C(=O)c3cccc(F)n3)C2)nn1. The van der Waals surface area contributed by atoms with E-state index < -0.39 is 11.9 Å². The number of pyridine rings is 1. The molecule has 0 atom stereocenters. The lowest BCUT2D eigenvalue weighted by Gasteiger charge is -2.38. The van der Waals surface area contributed by atoms with Crippen molar-refractivity contribution < 1.29 is 19.1 Å². The summed E-state index contributed by atoms with van der Waals surface area (Å²) in [6, 6.07) is 3.89. The van der Waals surface area contributed by atoms with Gasteiger partial charge >= 0.3 is 5.97 Å². The third-order valence-corrected chi connectivity index (χ3v) is 3.19. The molecular formula is C12H10FN5O3. The van der Waals surface area contributed by atoms with E-state index in [4.69, 9.17) is 5.11 Å². The van der Waals surface area contributed by atoms with Crippen LogP contribution in [0.4, 0.5) is 4.39 Å². The van der Waals surface area contributed by atoms with Crippen molar-refractivity contribution in [1.29, 1.82) is 0 Å². The number of aromatic carboxylic acids is 1. The van der Waals surface area contributed by atoms with E-state index in [1.807, 2.05) is 0 Å². The summed E-state index contributed by atoms with van der Waals surface area (Å²) >= 11 is 0. The molecule has 0 saturated carbocycles. The van der Waals surface area contributed by atoms with Crippen LogP contribution >= 0.6 is 0 Å². The Labute approximate surface area is 117 Å². The highest BCUT2D eigenvalue weighted by molar-refractivity contribution is 5.92. The van der Waals surface area contributed by atoms with Crippen molar-refractivity contribution in [2.45, 2.75) is 6.04 Å². The highest BCUT2D eigenvalue weighted by Crippen LogP contribution is 2.22. The Bertz CT molecular complexity index is 710. The average molecular weight is 291 g/mol. The third-order valence-electron chi connectivity index (χ3n) is 3.19. The van der Waals surface area contributed by atoms with Gasteiger partial charge in [-0.3, -0.25) is 4.79 Å². The summed E-state index contributed by atoms with van der Waals surface area (Å²) in [6.07, 6.45) is 1.31. The predicted octanol–water partition coefficient (Wildman–Crippen LogP) is 0.208. The first kappa shape index (κ1) is 13.2. The quantitative estimate of drug-likeness (QED) is 0.811. The number of carbonyl (C=O) groups excluding carboxylic acids is 1. The van der Waals surface area contributed by atoms with Crippen molar-refractivity contribution in [2.24, 2.45) is 0 Å². The molecule has 2 aromatic rings. The Morgan fingerprint density at radius 2 is 2.05 bits per heavy atom. The fourth-order valence-corrected chi connectivity index (χ4v) is 2.03. The molecule has 1 aliphatic rings. The van der Waals surface area contributed by atoms with Gasteiger partial charge in [0.25, 0.3) is 5.91 Å². The molecule has 3 rings (SSSR count). The number of carboxylic acid groups (broad SMARTS) is 1. The van der Waals surface area contributed by atoms with E-state index in [2.05, 4.69) is 15.3 Å². The van der Waals surface area contributed by atoms with Crippen molar-refractivity contribution in [3.63, 3.8) is 0 Å². The number of rotatable bonds is 3. The number of carboxylic acids is 1. The molecule has 1 aliphatic heterocycles. The smallest absolute Gasteiger partial charge is 0.358 e. The normalized spacial score (nSPS) is 14.8. The van der Waals surface area contributed by atoms with Crippen LogP contribution in [0, 0.1) is 5.95 Å². The van der Waals surface area contributed by atoms with E-state index in [9.17, 15) is 14.0 Å². The number of hydrogen-bond acceptors (Lipinski definition) is 5. The maximum Gasteiger partial charge on any atom is 0.358 e. The summed E-state index contributed by atoms with van der Waals surface area (Å²) in [6.45, 7) is 0.693. The number of nitrogens with zero attached hydrogens (tertiary/aromatic N) is 5. The lowest BCUT2D eigenvalue weighted by molar-refractivity contribution is 0.0490. The van der Waals surface area contributed by atoms with Gasteiger partial charge in [-0.1, -0.05) is 11.3 Å². The molecule has 2 aromatic heterocycles. The zero-order valence-electron chi connectivity index (χ0n) is 10.7. The van der Waals surface area contributed by atoms with Crippen molar-refractivity contribution in [2.75, 3.05) is 13.1 Å². The van der Waals surface area contributed by atoms with Gasteiger partial charge in [-0.15, -0.1) is 5.10 Å². The zero-order valence-corrected chi connectivity index (χ0v) is 10.7. The monoisotopic (exact) mass is 291 g/mol. The molecule has 1 saturated heterocycles. The van der Waals surface area contributed by atoms with E-state index in [-0.39, 0.29) is 23.3 Å². The Kier molecular flexibility index (Phi) is 3.09. The summed E-state index contributed by atoms with van der Waals surface area (Å²) < 4.78 is 14.4. The minimum Gasteiger partial charge on any atom is -0.476 e. The third kappa shape index (κ3) is 2.45. The van der Waals surface area contributed by atoms with E-state index in [1.165, 1.54) is 34.0 Å². The summed E-state index contributed by atoms with van der Waals surface area (Å²) in [5.41, 5.74) is -0.107. The van der Waals surface area contributed by atoms with Crippen molar-refractivity contribution in [3.05, 3.63) is 41.7 Å². The maximum atomic E-state index is 13.0. The van der Waals surface area contributed by atoms with Crippen LogP contribution in [-0.4, -0.2) is 55.0 Å². The molecule has 1 N–H and O–H groups in total. The number of aromatic nitrogens is 4. The van der Waals surface area contributed by atoms with Crippen LogP contribution < -0.4 is 0 Å². The van der Waals surface area contributed by atoms with Crippen molar-refractivity contribution in [1.82, 2.24) is 24.9 Å². The Morgan fingerprint density at radius 1 is 1.29 bits per heavy atom. The van der Waals surface area contributed by atoms with Crippen molar-refractivity contribution >= 4 is 11.9 Å². The molecule has 0 radical (unpaired) electrons. The summed E-state index contributed by atoms with van der Waals surface area (Å²) in [5.74, 6) is -2.23. The molecule has 108 valence electrons. The van der Waals surface area contributed by atoms with E-state index in [0.717, 1.165) is 0 Å². The lowest BCUT2D eigenvalue weighted by atomic mass is 10.1. The first-order valence-electron chi connectivity index (χ1n) is 6.11. The topological polar surface area (TPSA) is 101 Å². The Balaban J connectivity index is 1.65. The van der Waals surface area contributed by atoms with Gasteiger partial charge in [-0.25, -0.2) is 14.5 Å². The standard InChI is InChI=1S/C12H10FN5O3/c13-10-3-1-2-8(14-10)11(19)17-4-7(5-17)18-6-9(12(20)21)15-16-18/h1-3,6-7H,4-5H2,(H,20,21). The molecule has 1 fully saturated rings. The second-order valence-corrected chi connectivity index (χ2v) is 4.60. The molecule has 0 aliphatic carbocycles. The van der Waals surface area contributed by atoms with E-state index in [1.54, 1.807) is 0 Å². The lowest BCUT2D eigenvalue weighted by Crippen LogP contribution is -2.51. The first-order chi connectivity index (χ1) is 10.0. The second kappa shape index (κ2) is 4.93. The maximum absolute atomic E-state index is 13.0. The van der Waals surface area contributed by atoms with Gasteiger partial charge in [0.1, 0.15) is 5.69 Å². The zero-order chi connectivity index (χ0) is 15.0. The molecule has 0 aromatic carbocycles. The van der Waals surface area contributed by atoms with Gasteiger partial charge < -0.3 is 10.0 Å². The average Bonchev–Trinajstić information content (AvgIpc) is 2.86. The van der Waals surface area contributed by atoms with Gasteiger partial charge in [0.15, 0.2) is 5.69 Å². The number of hydrogen-bond donors (Lipinski definition) is 1. The number of carbonyl (C=O) groups is 2. The summed E-state index contributed by atoms with van der Waals surface area (Å²) in [5, 5.41) is 16.0. The molecular weight excluding hydrogens is 281 g/mol. The molecule has 9 heteroatoms.